The van der Waals surface area contributed by atoms with Gasteiger partial charge in [0.05, 0.1) is 12.7 Å². The van der Waals surface area contributed by atoms with Gasteiger partial charge in [0.15, 0.2) is 5.69 Å². The van der Waals surface area contributed by atoms with Crippen LogP contribution in [0.2, 0.25) is 0 Å². The lowest BCUT2D eigenvalue weighted by molar-refractivity contribution is 0.0600. The Labute approximate surface area is 162 Å². The molecule has 0 saturated heterocycles. The van der Waals surface area contributed by atoms with Crippen LogP contribution in [0.1, 0.15) is 32.0 Å². The number of amides is 1. The molecular weight excluding hydrogens is 356 g/mol. The van der Waals surface area contributed by atoms with Gasteiger partial charge in [-0.2, -0.15) is 0 Å². The molecule has 3 rings (SSSR count). The van der Waals surface area contributed by atoms with Crippen LogP contribution in [0.5, 0.6) is 0 Å². The molecule has 3 aromatic rings. The molecule has 0 bridgehead atoms. The summed E-state index contributed by atoms with van der Waals surface area (Å²) in [6.45, 7) is 2.65. The molecule has 0 radical (unpaired) electrons. The standard InChI is InChI=1S/C21H20N4O3/c1-14-5-3-6-15(11-14)13-22-19-10-9-18(24-25-19)20(26)23-17-8-4-7-16(12-17)21(27)28-2/h3-12H,13H2,1-2H3,(H,22,25)(H,23,26). The van der Waals surface area contributed by atoms with E-state index in [1.54, 1.807) is 30.3 Å². The molecule has 0 aliphatic carbocycles. The van der Waals surface area contributed by atoms with Crippen molar-refractivity contribution in [1.29, 1.82) is 0 Å². The number of aryl methyl sites for hydroxylation is 1. The van der Waals surface area contributed by atoms with Crippen molar-refractivity contribution in [1.82, 2.24) is 10.2 Å². The van der Waals surface area contributed by atoms with E-state index in [4.69, 9.17) is 0 Å². The average molecular weight is 376 g/mol. The minimum absolute atomic E-state index is 0.171. The van der Waals surface area contributed by atoms with E-state index in [9.17, 15) is 9.59 Å². The van der Waals surface area contributed by atoms with Crippen LogP contribution < -0.4 is 10.6 Å². The summed E-state index contributed by atoms with van der Waals surface area (Å²) in [5.41, 5.74) is 3.31. The largest absolute Gasteiger partial charge is 0.465 e. The number of nitrogens with zero attached hydrogens (tertiary/aromatic N) is 2. The number of anilines is 2. The van der Waals surface area contributed by atoms with Gasteiger partial charge in [-0.15, -0.1) is 10.2 Å². The quantitative estimate of drug-likeness (QED) is 0.640. The summed E-state index contributed by atoms with van der Waals surface area (Å²) >= 11 is 0. The van der Waals surface area contributed by atoms with E-state index in [2.05, 4.69) is 31.6 Å². The number of nitrogens with one attached hydrogen (secondary N) is 2. The molecule has 1 amide bonds. The molecule has 7 heteroatoms. The SMILES string of the molecule is COC(=O)c1cccc(NC(=O)c2ccc(NCc3cccc(C)c3)nn2)c1. The van der Waals surface area contributed by atoms with E-state index in [0.717, 1.165) is 5.56 Å². The van der Waals surface area contributed by atoms with Gasteiger partial charge in [-0.25, -0.2) is 4.79 Å². The van der Waals surface area contributed by atoms with Crippen molar-refractivity contribution in [2.75, 3.05) is 17.7 Å². The minimum atomic E-state index is -0.472. The van der Waals surface area contributed by atoms with Gasteiger partial charge in [-0.05, 0) is 42.8 Å². The summed E-state index contributed by atoms with van der Waals surface area (Å²) in [5, 5.41) is 13.9. The fourth-order valence-electron chi connectivity index (χ4n) is 2.60. The van der Waals surface area contributed by atoms with Gasteiger partial charge in [0, 0.05) is 12.2 Å². The second-order valence-electron chi connectivity index (χ2n) is 6.17. The third-order valence-corrected chi connectivity index (χ3v) is 3.99. The number of rotatable bonds is 6. The number of esters is 1. The van der Waals surface area contributed by atoms with Crippen LogP contribution in [0.25, 0.3) is 0 Å². The van der Waals surface area contributed by atoms with Crippen molar-refractivity contribution in [2.24, 2.45) is 0 Å². The Hall–Kier alpha value is -3.74. The average Bonchev–Trinajstić information content (AvgIpc) is 2.72. The van der Waals surface area contributed by atoms with E-state index >= 15 is 0 Å². The Morgan fingerprint density at radius 1 is 1.00 bits per heavy atom. The number of ether oxygens (including phenoxy) is 1. The molecular formula is C21H20N4O3. The zero-order valence-electron chi connectivity index (χ0n) is 15.6. The first kappa shape index (κ1) is 19.0. The number of carbonyl (C=O) groups is 2. The van der Waals surface area contributed by atoms with Gasteiger partial charge in [0.1, 0.15) is 5.82 Å². The highest BCUT2D eigenvalue weighted by Crippen LogP contribution is 2.13. The molecule has 7 nitrogen and oxygen atoms in total. The first-order chi connectivity index (χ1) is 13.5. The van der Waals surface area contributed by atoms with Gasteiger partial charge in [-0.1, -0.05) is 35.9 Å². The van der Waals surface area contributed by atoms with Gasteiger partial charge < -0.3 is 15.4 Å². The van der Waals surface area contributed by atoms with E-state index in [1.165, 1.54) is 18.7 Å². The lowest BCUT2D eigenvalue weighted by Crippen LogP contribution is -2.15. The zero-order chi connectivity index (χ0) is 19.9. The van der Waals surface area contributed by atoms with Gasteiger partial charge >= 0.3 is 5.97 Å². The van der Waals surface area contributed by atoms with E-state index in [0.29, 0.717) is 23.6 Å². The van der Waals surface area contributed by atoms with Crippen molar-refractivity contribution in [2.45, 2.75) is 13.5 Å². The second-order valence-corrected chi connectivity index (χ2v) is 6.17. The highest BCUT2D eigenvalue weighted by molar-refractivity contribution is 6.03. The smallest absolute Gasteiger partial charge is 0.337 e. The van der Waals surface area contributed by atoms with Crippen LogP contribution in [-0.4, -0.2) is 29.2 Å². The molecule has 0 saturated carbocycles. The van der Waals surface area contributed by atoms with Crippen LogP contribution in [0.15, 0.2) is 60.7 Å². The Balaban J connectivity index is 1.61. The maximum Gasteiger partial charge on any atom is 0.337 e. The molecule has 1 heterocycles. The topological polar surface area (TPSA) is 93.2 Å². The molecule has 1 aromatic heterocycles. The van der Waals surface area contributed by atoms with Crippen molar-refractivity contribution in [3.05, 3.63) is 83.0 Å². The summed E-state index contributed by atoms with van der Waals surface area (Å²) in [5.74, 6) is -0.314. The molecule has 142 valence electrons. The van der Waals surface area contributed by atoms with Crippen molar-refractivity contribution < 1.29 is 14.3 Å². The maximum absolute atomic E-state index is 12.3. The number of methoxy groups -OCH3 is 1. The van der Waals surface area contributed by atoms with E-state index in [1.807, 2.05) is 25.1 Å². The number of hydrogen-bond acceptors (Lipinski definition) is 6. The van der Waals surface area contributed by atoms with Gasteiger partial charge in [0.2, 0.25) is 0 Å². The first-order valence-corrected chi connectivity index (χ1v) is 8.68. The van der Waals surface area contributed by atoms with Crippen molar-refractivity contribution in [3.63, 3.8) is 0 Å². The number of benzene rings is 2. The molecule has 0 fully saturated rings. The second kappa shape index (κ2) is 8.77. The predicted octanol–water partition coefficient (Wildman–Crippen LogP) is 3.44. The number of carbonyl (C=O) groups excluding carboxylic acids is 2. The van der Waals surface area contributed by atoms with Crippen molar-refractivity contribution in [3.8, 4) is 0 Å². The number of hydrogen-bond donors (Lipinski definition) is 2. The summed E-state index contributed by atoms with van der Waals surface area (Å²) in [7, 11) is 1.30. The maximum atomic E-state index is 12.3. The van der Waals surface area contributed by atoms with E-state index < -0.39 is 11.9 Å². The fraction of sp³-hybridized carbons (Fsp3) is 0.143. The van der Waals surface area contributed by atoms with Gasteiger partial charge in [-0.3, -0.25) is 4.79 Å². The summed E-state index contributed by atoms with van der Waals surface area (Å²) in [6, 6.07) is 17.9. The highest BCUT2D eigenvalue weighted by Gasteiger charge is 2.11. The zero-order valence-corrected chi connectivity index (χ0v) is 15.6. The Morgan fingerprint density at radius 2 is 1.82 bits per heavy atom. The van der Waals surface area contributed by atoms with Crippen molar-refractivity contribution >= 4 is 23.4 Å². The molecule has 0 aliphatic rings. The normalized spacial score (nSPS) is 10.2. The van der Waals surface area contributed by atoms with Gasteiger partial charge in [0.25, 0.3) is 5.91 Å². The lowest BCUT2D eigenvalue weighted by Gasteiger charge is -2.08. The van der Waals surface area contributed by atoms with Crippen LogP contribution in [0.4, 0.5) is 11.5 Å². The monoisotopic (exact) mass is 376 g/mol. The first-order valence-electron chi connectivity index (χ1n) is 8.68. The summed E-state index contributed by atoms with van der Waals surface area (Å²) < 4.78 is 4.67. The predicted molar refractivity (Wildman–Crippen MR) is 106 cm³/mol. The van der Waals surface area contributed by atoms with Crippen LogP contribution in [0, 0.1) is 6.92 Å². The molecule has 0 atom stereocenters. The minimum Gasteiger partial charge on any atom is -0.465 e. The Kier molecular flexibility index (Phi) is 5.96. The van der Waals surface area contributed by atoms with Crippen LogP contribution in [0.3, 0.4) is 0 Å². The summed E-state index contributed by atoms with van der Waals surface area (Å²) in [4.78, 5) is 23.9. The molecule has 0 spiro atoms. The Morgan fingerprint density at radius 3 is 2.54 bits per heavy atom. The Bertz CT molecular complexity index is 987. The summed E-state index contributed by atoms with van der Waals surface area (Å²) in [6.07, 6.45) is 0. The number of aromatic nitrogens is 2. The lowest BCUT2D eigenvalue weighted by atomic mass is 10.1. The molecule has 2 N–H and O–H groups in total. The third-order valence-electron chi connectivity index (χ3n) is 3.99. The molecule has 2 aromatic carbocycles. The fourth-order valence-corrected chi connectivity index (χ4v) is 2.60. The van der Waals surface area contributed by atoms with Crippen LogP contribution >= 0.6 is 0 Å². The van der Waals surface area contributed by atoms with Crippen LogP contribution in [-0.2, 0) is 11.3 Å². The van der Waals surface area contributed by atoms with E-state index in [-0.39, 0.29) is 5.69 Å². The third kappa shape index (κ3) is 4.91. The molecule has 0 unspecified atom stereocenters. The highest BCUT2D eigenvalue weighted by atomic mass is 16.5. The molecule has 28 heavy (non-hydrogen) atoms. The molecule has 0 aliphatic heterocycles.